The van der Waals surface area contributed by atoms with Gasteiger partial charge in [-0.1, -0.05) is 26.7 Å². The summed E-state index contributed by atoms with van der Waals surface area (Å²) in [6.45, 7) is 5.55. The molecule has 0 aromatic rings. The van der Waals surface area contributed by atoms with Crippen molar-refractivity contribution in [2.24, 2.45) is 11.7 Å². The molecule has 1 aliphatic heterocycles. The van der Waals surface area contributed by atoms with Crippen LogP contribution in [0, 0.1) is 5.92 Å². The van der Waals surface area contributed by atoms with Gasteiger partial charge in [-0.05, 0) is 18.8 Å². The molecule has 102 valence electrons. The Morgan fingerprint density at radius 2 is 1.71 bits per heavy atom. The van der Waals surface area contributed by atoms with Gasteiger partial charge in [-0.3, -0.25) is 0 Å². The van der Waals surface area contributed by atoms with Gasteiger partial charge in [0.2, 0.25) is 0 Å². The van der Waals surface area contributed by atoms with Crippen LogP contribution in [-0.2, 0) is 10.2 Å². The minimum absolute atomic E-state index is 0.178. The van der Waals surface area contributed by atoms with E-state index in [4.69, 9.17) is 5.73 Å². The first-order valence-electron chi connectivity index (χ1n) is 6.45. The molecule has 0 amide bonds. The summed E-state index contributed by atoms with van der Waals surface area (Å²) in [6, 6.07) is -0.178. The zero-order chi connectivity index (χ0) is 12.9. The highest BCUT2D eigenvalue weighted by Gasteiger charge is 2.26. The quantitative estimate of drug-likeness (QED) is 0.766. The Bertz CT molecular complexity index is 309. The first-order valence-corrected chi connectivity index (χ1v) is 7.89. The number of hydrogen-bond donors (Lipinski definition) is 2. The lowest BCUT2D eigenvalue weighted by Gasteiger charge is -2.26. The summed E-state index contributed by atoms with van der Waals surface area (Å²) in [5.74, 6) is 0.210. The molecular formula is C11H25N3O2S. The molecular weight excluding hydrogens is 238 g/mol. The topological polar surface area (TPSA) is 75.4 Å². The van der Waals surface area contributed by atoms with E-state index >= 15 is 0 Å². The molecule has 1 fully saturated rings. The van der Waals surface area contributed by atoms with Crippen molar-refractivity contribution in [3.8, 4) is 0 Å². The van der Waals surface area contributed by atoms with E-state index in [0.717, 1.165) is 25.7 Å². The largest absolute Gasteiger partial charge is 0.329 e. The molecule has 5 nitrogen and oxygen atoms in total. The number of rotatable bonds is 5. The fourth-order valence-corrected chi connectivity index (χ4v) is 3.64. The highest BCUT2D eigenvalue weighted by Crippen LogP contribution is 2.13. The van der Waals surface area contributed by atoms with Crippen molar-refractivity contribution in [3.63, 3.8) is 0 Å². The third kappa shape index (κ3) is 4.54. The molecule has 0 aromatic carbocycles. The van der Waals surface area contributed by atoms with E-state index in [1.165, 1.54) is 0 Å². The molecule has 17 heavy (non-hydrogen) atoms. The lowest BCUT2D eigenvalue weighted by Crippen LogP contribution is -2.50. The van der Waals surface area contributed by atoms with Crippen LogP contribution in [0.1, 0.15) is 39.5 Å². The highest BCUT2D eigenvalue weighted by atomic mass is 32.2. The molecule has 0 bridgehead atoms. The maximum absolute atomic E-state index is 12.2. The third-order valence-electron chi connectivity index (χ3n) is 3.26. The molecule has 0 aliphatic carbocycles. The van der Waals surface area contributed by atoms with Crippen LogP contribution < -0.4 is 10.5 Å². The Balaban J connectivity index is 2.65. The second-order valence-electron chi connectivity index (χ2n) is 5.02. The summed E-state index contributed by atoms with van der Waals surface area (Å²) in [7, 11) is -3.36. The van der Waals surface area contributed by atoms with Gasteiger partial charge in [0, 0.05) is 25.7 Å². The predicted molar refractivity (Wildman–Crippen MR) is 69.8 cm³/mol. The van der Waals surface area contributed by atoms with Crippen molar-refractivity contribution in [3.05, 3.63) is 0 Å². The van der Waals surface area contributed by atoms with Crippen molar-refractivity contribution in [2.45, 2.75) is 45.6 Å². The maximum atomic E-state index is 12.2. The van der Waals surface area contributed by atoms with Crippen molar-refractivity contribution >= 4 is 10.2 Å². The molecule has 1 aliphatic rings. The van der Waals surface area contributed by atoms with Crippen LogP contribution in [0.4, 0.5) is 0 Å². The summed E-state index contributed by atoms with van der Waals surface area (Å²) < 4.78 is 28.6. The van der Waals surface area contributed by atoms with E-state index in [0.29, 0.717) is 19.6 Å². The molecule has 1 saturated heterocycles. The van der Waals surface area contributed by atoms with Crippen LogP contribution in [0.3, 0.4) is 0 Å². The molecule has 6 heteroatoms. The molecule has 1 heterocycles. The zero-order valence-corrected chi connectivity index (χ0v) is 11.7. The first kappa shape index (κ1) is 14.9. The summed E-state index contributed by atoms with van der Waals surface area (Å²) in [5, 5.41) is 0. The van der Waals surface area contributed by atoms with Crippen molar-refractivity contribution < 1.29 is 8.42 Å². The van der Waals surface area contributed by atoms with E-state index in [-0.39, 0.29) is 12.0 Å². The SMILES string of the molecule is CC(C)C(CN)NS(=O)(=O)N1CCCCCC1. The average molecular weight is 263 g/mol. The second-order valence-corrected chi connectivity index (χ2v) is 6.72. The lowest BCUT2D eigenvalue weighted by molar-refractivity contribution is 0.389. The lowest BCUT2D eigenvalue weighted by atomic mass is 10.1. The molecule has 0 spiro atoms. The predicted octanol–water partition coefficient (Wildman–Crippen LogP) is 0.680. The normalized spacial score (nSPS) is 21.4. The summed E-state index contributed by atoms with van der Waals surface area (Å²) in [6.07, 6.45) is 4.15. The molecule has 1 rings (SSSR count). The van der Waals surface area contributed by atoms with E-state index in [9.17, 15) is 8.42 Å². The van der Waals surface area contributed by atoms with Crippen LogP contribution in [0.2, 0.25) is 0 Å². The number of hydrogen-bond acceptors (Lipinski definition) is 3. The fraction of sp³-hybridized carbons (Fsp3) is 1.00. The van der Waals surface area contributed by atoms with Crippen LogP contribution in [0.25, 0.3) is 0 Å². The van der Waals surface area contributed by atoms with E-state index in [2.05, 4.69) is 4.72 Å². The minimum atomic E-state index is -3.36. The Morgan fingerprint density at radius 3 is 2.12 bits per heavy atom. The molecule has 1 atom stereocenters. The van der Waals surface area contributed by atoms with Crippen molar-refractivity contribution in [1.29, 1.82) is 0 Å². The zero-order valence-electron chi connectivity index (χ0n) is 10.9. The molecule has 1 unspecified atom stereocenters. The average Bonchev–Trinajstić information content (AvgIpc) is 2.54. The smallest absolute Gasteiger partial charge is 0.279 e. The van der Waals surface area contributed by atoms with Crippen LogP contribution >= 0.6 is 0 Å². The van der Waals surface area contributed by atoms with Crippen LogP contribution in [-0.4, -0.2) is 38.4 Å². The first-order chi connectivity index (χ1) is 7.97. The Kier molecular flexibility index (Phi) is 5.85. The standard InChI is InChI=1S/C11H25N3O2S/c1-10(2)11(9-12)13-17(15,16)14-7-5-3-4-6-8-14/h10-11,13H,3-9,12H2,1-2H3. The third-order valence-corrected chi connectivity index (χ3v) is 4.91. The van der Waals surface area contributed by atoms with E-state index < -0.39 is 10.2 Å². The van der Waals surface area contributed by atoms with Gasteiger partial charge in [-0.2, -0.15) is 17.4 Å². The minimum Gasteiger partial charge on any atom is -0.329 e. The van der Waals surface area contributed by atoms with Crippen LogP contribution in [0.5, 0.6) is 0 Å². The second kappa shape index (κ2) is 6.68. The van der Waals surface area contributed by atoms with E-state index in [1.54, 1.807) is 4.31 Å². The van der Waals surface area contributed by atoms with E-state index in [1.807, 2.05) is 13.8 Å². The Labute approximate surface area is 105 Å². The van der Waals surface area contributed by atoms with Gasteiger partial charge >= 0.3 is 0 Å². The van der Waals surface area contributed by atoms with Gasteiger partial charge in [-0.15, -0.1) is 0 Å². The monoisotopic (exact) mass is 263 g/mol. The molecule has 0 radical (unpaired) electrons. The number of nitrogens with one attached hydrogen (secondary N) is 1. The fourth-order valence-electron chi connectivity index (χ4n) is 2.00. The molecule has 3 N–H and O–H groups in total. The number of nitrogens with zero attached hydrogens (tertiary/aromatic N) is 1. The highest BCUT2D eigenvalue weighted by molar-refractivity contribution is 7.87. The summed E-state index contributed by atoms with van der Waals surface area (Å²) in [5.41, 5.74) is 5.60. The van der Waals surface area contributed by atoms with Gasteiger partial charge in [0.1, 0.15) is 0 Å². The summed E-state index contributed by atoms with van der Waals surface area (Å²) >= 11 is 0. The Morgan fingerprint density at radius 1 is 1.18 bits per heavy atom. The van der Waals surface area contributed by atoms with Gasteiger partial charge in [0.15, 0.2) is 0 Å². The van der Waals surface area contributed by atoms with Crippen LogP contribution in [0.15, 0.2) is 0 Å². The maximum Gasteiger partial charge on any atom is 0.279 e. The van der Waals surface area contributed by atoms with Gasteiger partial charge in [-0.25, -0.2) is 0 Å². The van der Waals surface area contributed by atoms with Gasteiger partial charge in [0.25, 0.3) is 10.2 Å². The van der Waals surface area contributed by atoms with Crippen molar-refractivity contribution in [2.75, 3.05) is 19.6 Å². The molecule has 0 saturated carbocycles. The molecule has 0 aromatic heterocycles. The summed E-state index contributed by atoms with van der Waals surface area (Å²) in [4.78, 5) is 0. The van der Waals surface area contributed by atoms with Gasteiger partial charge in [0.05, 0.1) is 0 Å². The number of nitrogens with two attached hydrogens (primary N) is 1. The van der Waals surface area contributed by atoms with Gasteiger partial charge < -0.3 is 5.73 Å². The Hall–Kier alpha value is -0.170. The van der Waals surface area contributed by atoms with Crippen molar-refractivity contribution in [1.82, 2.24) is 9.03 Å².